The maximum atomic E-state index is 12.8. The van der Waals surface area contributed by atoms with Gasteiger partial charge in [-0.3, -0.25) is 0 Å². The summed E-state index contributed by atoms with van der Waals surface area (Å²) in [4.78, 5) is 14.0. The summed E-state index contributed by atoms with van der Waals surface area (Å²) in [7, 11) is -3.62. The van der Waals surface area contributed by atoms with Gasteiger partial charge < -0.3 is 9.64 Å². The van der Waals surface area contributed by atoms with E-state index in [1.165, 1.54) is 9.21 Å². The van der Waals surface area contributed by atoms with Crippen LogP contribution in [0.5, 0.6) is 0 Å². The Morgan fingerprint density at radius 1 is 1.25 bits per heavy atom. The molecular weight excluding hydrogens is 328 g/mol. The first-order valence-electron chi connectivity index (χ1n) is 7.82. The normalized spacial score (nSPS) is 19.8. The van der Waals surface area contributed by atoms with Crippen LogP contribution in [0.2, 0.25) is 0 Å². The van der Waals surface area contributed by atoms with Crippen molar-refractivity contribution in [3.05, 3.63) is 43.0 Å². The number of rotatable bonds is 3. The minimum absolute atomic E-state index is 0.202. The summed E-state index contributed by atoms with van der Waals surface area (Å²) in [6.45, 7) is 9.83. The molecule has 1 aliphatic rings. The number of piperazine rings is 1. The SMILES string of the molecule is C=CC1CN(C(=O)OC(C)(C)C)CCN1S(=O)(=O)c1ccccc1. The number of carbonyl (C=O) groups is 1. The van der Waals surface area contributed by atoms with Crippen molar-refractivity contribution in [3.63, 3.8) is 0 Å². The molecule has 0 N–H and O–H groups in total. The molecule has 1 saturated heterocycles. The highest BCUT2D eigenvalue weighted by Gasteiger charge is 2.37. The summed E-state index contributed by atoms with van der Waals surface area (Å²) in [6.07, 6.45) is 1.11. The molecular formula is C17H24N2O4S. The smallest absolute Gasteiger partial charge is 0.410 e. The predicted molar refractivity (Wildman–Crippen MR) is 92.1 cm³/mol. The number of carbonyl (C=O) groups excluding carboxylic acids is 1. The van der Waals surface area contributed by atoms with Gasteiger partial charge in [0.1, 0.15) is 5.60 Å². The van der Waals surface area contributed by atoms with E-state index >= 15 is 0 Å². The molecule has 1 unspecified atom stereocenters. The van der Waals surface area contributed by atoms with Gasteiger partial charge in [0, 0.05) is 19.6 Å². The molecule has 0 aromatic heterocycles. The molecule has 132 valence electrons. The molecule has 0 radical (unpaired) electrons. The largest absolute Gasteiger partial charge is 0.444 e. The highest BCUT2D eigenvalue weighted by molar-refractivity contribution is 7.89. The number of benzene rings is 1. The van der Waals surface area contributed by atoms with Crippen molar-refractivity contribution in [3.8, 4) is 0 Å². The molecule has 0 bridgehead atoms. The van der Waals surface area contributed by atoms with Gasteiger partial charge >= 0.3 is 6.09 Å². The van der Waals surface area contributed by atoms with Crippen molar-refractivity contribution in [2.75, 3.05) is 19.6 Å². The number of nitrogens with zero attached hydrogens (tertiary/aromatic N) is 2. The first kappa shape index (κ1) is 18.5. The maximum absolute atomic E-state index is 12.8. The molecule has 6 nitrogen and oxygen atoms in total. The van der Waals surface area contributed by atoms with Crippen LogP contribution in [0.3, 0.4) is 0 Å². The summed E-state index contributed by atoms with van der Waals surface area (Å²) >= 11 is 0. The number of ether oxygens (including phenoxy) is 1. The summed E-state index contributed by atoms with van der Waals surface area (Å²) in [6, 6.07) is 7.78. The van der Waals surface area contributed by atoms with E-state index in [9.17, 15) is 13.2 Å². The zero-order valence-electron chi connectivity index (χ0n) is 14.3. The van der Waals surface area contributed by atoms with Crippen LogP contribution in [0, 0.1) is 0 Å². The van der Waals surface area contributed by atoms with E-state index in [1.54, 1.807) is 57.2 Å². The fraction of sp³-hybridized carbons (Fsp3) is 0.471. The first-order valence-corrected chi connectivity index (χ1v) is 9.26. The van der Waals surface area contributed by atoms with Crippen LogP contribution in [-0.4, -0.2) is 55.0 Å². The van der Waals surface area contributed by atoms with E-state index in [0.29, 0.717) is 0 Å². The molecule has 0 aliphatic carbocycles. The highest BCUT2D eigenvalue weighted by atomic mass is 32.2. The molecule has 1 atom stereocenters. The number of hydrogen-bond donors (Lipinski definition) is 0. The molecule has 1 aromatic rings. The average molecular weight is 352 g/mol. The lowest BCUT2D eigenvalue weighted by Gasteiger charge is -2.39. The van der Waals surface area contributed by atoms with E-state index in [0.717, 1.165) is 0 Å². The fourth-order valence-electron chi connectivity index (χ4n) is 2.50. The molecule has 2 rings (SSSR count). The van der Waals surface area contributed by atoms with Gasteiger partial charge in [-0.2, -0.15) is 4.31 Å². The van der Waals surface area contributed by atoms with Crippen molar-refractivity contribution >= 4 is 16.1 Å². The molecule has 1 amide bonds. The number of sulfonamides is 1. The van der Waals surface area contributed by atoms with Gasteiger partial charge in [0.05, 0.1) is 10.9 Å². The molecule has 24 heavy (non-hydrogen) atoms. The van der Waals surface area contributed by atoms with Crippen molar-refractivity contribution in [1.82, 2.24) is 9.21 Å². The summed E-state index contributed by atoms with van der Waals surface area (Å²) in [5.74, 6) is 0. The molecule has 1 aliphatic heterocycles. The molecule has 1 fully saturated rings. The number of hydrogen-bond acceptors (Lipinski definition) is 4. The lowest BCUT2D eigenvalue weighted by Crippen LogP contribution is -2.56. The Hall–Kier alpha value is -1.86. The van der Waals surface area contributed by atoms with Gasteiger partial charge in [0.2, 0.25) is 10.0 Å². The summed E-state index contributed by atoms with van der Waals surface area (Å²) in [5.41, 5.74) is -0.589. The Morgan fingerprint density at radius 3 is 2.42 bits per heavy atom. The molecule has 7 heteroatoms. The second-order valence-electron chi connectivity index (χ2n) is 6.66. The van der Waals surface area contributed by atoms with Crippen LogP contribution >= 0.6 is 0 Å². The summed E-state index contributed by atoms with van der Waals surface area (Å²) < 4.78 is 32.4. The van der Waals surface area contributed by atoms with Crippen LogP contribution in [0.1, 0.15) is 20.8 Å². The van der Waals surface area contributed by atoms with E-state index < -0.39 is 27.8 Å². The molecule has 0 saturated carbocycles. The Kier molecular flexibility index (Phi) is 5.35. The predicted octanol–water partition coefficient (Wildman–Crippen LogP) is 2.48. The van der Waals surface area contributed by atoms with E-state index in [4.69, 9.17) is 4.74 Å². The van der Waals surface area contributed by atoms with Gasteiger partial charge in [0.15, 0.2) is 0 Å². The molecule has 0 spiro atoms. The minimum Gasteiger partial charge on any atom is -0.444 e. The third kappa shape index (κ3) is 4.15. The molecule has 1 aromatic carbocycles. The Morgan fingerprint density at radius 2 is 1.88 bits per heavy atom. The van der Waals surface area contributed by atoms with Crippen LogP contribution < -0.4 is 0 Å². The maximum Gasteiger partial charge on any atom is 0.410 e. The van der Waals surface area contributed by atoms with Gasteiger partial charge in [0.25, 0.3) is 0 Å². The van der Waals surface area contributed by atoms with Crippen LogP contribution in [-0.2, 0) is 14.8 Å². The average Bonchev–Trinajstić information content (AvgIpc) is 2.53. The van der Waals surface area contributed by atoms with Gasteiger partial charge in [-0.25, -0.2) is 13.2 Å². The Balaban J connectivity index is 2.17. The lowest BCUT2D eigenvalue weighted by molar-refractivity contribution is 0.0159. The standard InChI is InChI=1S/C17H24N2O4S/c1-5-14-13-18(16(20)23-17(2,3)4)11-12-19(14)24(21,22)15-9-7-6-8-10-15/h5-10,14H,1,11-13H2,2-4H3. The third-order valence-electron chi connectivity index (χ3n) is 3.64. The zero-order chi connectivity index (χ0) is 18.0. The van der Waals surface area contributed by atoms with Gasteiger partial charge in [-0.05, 0) is 32.9 Å². The van der Waals surface area contributed by atoms with E-state index in [2.05, 4.69) is 6.58 Å². The highest BCUT2D eigenvalue weighted by Crippen LogP contribution is 2.23. The molecule has 1 heterocycles. The van der Waals surface area contributed by atoms with E-state index in [1.807, 2.05) is 0 Å². The van der Waals surface area contributed by atoms with Crippen molar-refractivity contribution in [2.24, 2.45) is 0 Å². The fourth-order valence-corrected chi connectivity index (χ4v) is 4.11. The van der Waals surface area contributed by atoms with Crippen LogP contribution in [0.25, 0.3) is 0 Å². The van der Waals surface area contributed by atoms with Crippen molar-refractivity contribution < 1.29 is 17.9 Å². The van der Waals surface area contributed by atoms with Gasteiger partial charge in [-0.15, -0.1) is 6.58 Å². The topological polar surface area (TPSA) is 66.9 Å². The first-order chi connectivity index (χ1) is 11.1. The Bertz CT molecular complexity index is 695. The van der Waals surface area contributed by atoms with Crippen LogP contribution in [0.4, 0.5) is 4.79 Å². The van der Waals surface area contributed by atoms with E-state index in [-0.39, 0.29) is 24.5 Å². The number of amides is 1. The van der Waals surface area contributed by atoms with Crippen LogP contribution in [0.15, 0.2) is 47.9 Å². The Labute approximate surface area is 143 Å². The van der Waals surface area contributed by atoms with Gasteiger partial charge in [-0.1, -0.05) is 24.3 Å². The second kappa shape index (κ2) is 6.94. The minimum atomic E-state index is -3.62. The second-order valence-corrected chi connectivity index (χ2v) is 8.55. The zero-order valence-corrected chi connectivity index (χ0v) is 15.1. The summed E-state index contributed by atoms with van der Waals surface area (Å²) in [5, 5.41) is 0. The van der Waals surface area contributed by atoms with Crippen molar-refractivity contribution in [2.45, 2.75) is 37.3 Å². The monoisotopic (exact) mass is 352 g/mol. The lowest BCUT2D eigenvalue weighted by atomic mass is 10.2. The third-order valence-corrected chi connectivity index (χ3v) is 5.58. The quantitative estimate of drug-likeness (QED) is 0.784. The van der Waals surface area contributed by atoms with Crippen molar-refractivity contribution in [1.29, 1.82) is 0 Å².